The summed E-state index contributed by atoms with van der Waals surface area (Å²) in [6, 6.07) is 5.39. The van der Waals surface area contributed by atoms with Crippen molar-refractivity contribution in [3.05, 3.63) is 23.2 Å². The van der Waals surface area contributed by atoms with Gasteiger partial charge in [0, 0.05) is 11.4 Å². The molecule has 0 aromatic heterocycles. The molecule has 12 heavy (non-hydrogen) atoms. The second-order valence-corrected chi connectivity index (χ2v) is 3.75. The Balaban J connectivity index is 2.75. The van der Waals surface area contributed by atoms with Crippen LogP contribution >= 0.6 is 23.5 Å². The lowest BCUT2D eigenvalue weighted by Crippen LogP contribution is -1.91. The van der Waals surface area contributed by atoms with E-state index in [2.05, 4.69) is 11.6 Å². The van der Waals surface area contributed by atoms with Gasteiger partial charge >= 0.3 is 0 Å². The summed E-state index contributed by atoms with van der Waals surface area (Å²) < 4.78 is 3.11. The van der Waals surface area contributed by atoms with Gasteiger partial charge in [-0.05, 0) is 18.2 Å². The third-order valence-electron chi connectivity index (χ3n) is 1.32. The highest BCUT2D eigenvalue weighted by Gasteiger charge is 1.98. The van der Waals surface area contributed by atoms with Gasteiger partial charge in [-0.2, -0.15) is 0 Å². The van der Waals surface area contributed by atoms with Crippen molar-refractivity contribution >= 4 is 34.9 Å². The second-order valence-electron chi connectivity index (χ2n) is 2.27. The Morgan fingerprint density at radius 1 is 1.58 bits per heavy atom. The van der Waals surface area contributed by atoms with Crippen molar-refractivity contribution in [1.82, 2.24) is 0 Å². The van der Waals surface area contributed by atoms with Crippen LogP contribution in [0, 0.1) is 0 Å². The van der Waals surface area contributed by atoms with Gasteiger partial charge in [-0.1, -0.05) is 30.5 Å². The van der Waals surface area contributed by atoms with Crippen molar-refractivity contribution in [3.8, 4) is 0 Å². The van der Waals surface area contributed by atoms with Gasteiger partial charge in [0.2, 0.25) is 0 Å². The second kappa shape index (κ2) is 4.48. The van der Waals surface area contributed by atoms with Gasteiger partial charge in [-0.15, -0.1) is 0 Å². The standard InChI is InChI=1S/C8H11ClN2S/c1-2-12-11-8-5-6(10)3-4-7(8)9/h3-5,11H,2,10H2,1H3. The van der Waals surface area contributed by atoms with E-state index in [1.54, 1.807) is 24.1 Å². The third kappa shape index (κ3) is 2.50. The van der Waals surface area contributed by atoms with Crippen LogP contribution in [0.5, 0.6) is 0 Å². The van der Waals surface area contributed by atoms with Crippen LogP contribution in [0.1, 0.15) is 6.92 Å². The van der Waals surface area contributed by atoms with Crippen LogP contribution in [-0.4, -0.2) is 5.75 Å². The lowest BCUT2D eigenvalue weighted by molar-refractivity contribution is 1.52. The average molecular weight is 203 g/mol. The Bertz CT molecular complexity index is 265. The molecule has 1 aromatic rings. The number of hydrogen-bond acceptors (Lipinski definition) is 3. The zero-order chi connectivity index (χ0) is 8.97. The van der Waals surface area contributed by atoms with Crippen LogP contribution in [0.25, 0.3) is 0 Å². The average Bonchev–Trinajstić information content (AvgIpc) is 2.07. The molecule has 0 bridgehead atoms. The first-order chi connectivity index (χ1) is 5.74. The van der Waals surface area contributed by atoms with Crippen molar-refractivity contribution in [1.29, 1.82) is 0 Å². The van der Waals surface area contributed by atoms with Crippen LogP contribution in [0.3, 0.4) is 0 Å². The van der Waals surface area contributed by atoms with E-state index >= 15 is 0 Å². The third-order valence-corrected chi connectivity index (χ3v) is 2.30. The van der Waals surface area contributed by atoms with Crippen molar-refractivity contribution in [3.63, 3.8) is 0 Å². The largest absolute Gasteiger partial charge is 0.399 e. The normalized spacial score (nSPS) is 9.83. The number of nitrogens with one attached hydrogen (secondary N) is 1. The number of anilines is 2. The molecule has 0 aliphatic heterocycles. The molecule has 0 saturated carbocycles. The first-order valence-electron chi connectivity index (χ1n) is 3.67. The highest BCUT2D eigenvalue weighted by molar-refractivity contribution is 8.00. The number of nitrogens with two attached hydrogens (primary N) is 1. The minimum Gasteiger partial charge on any atom is -0.399 e. The van der Waals surface area contributed by atoms with Gasteiger partial charge < -0.3 is 10.5 Å². The monoisotopic (exact) mass is 202 g/mol. The van der Waals surface area contributed by atoms with Crippen LogP contribution in [0.15, 0.2) is 18.2 Å². The lowest BCUT2D eigenvalue weighted by Gasteiger charge is -2.06. The SMILES string of the molecule is CCSNc1cc(N)ccc1Cl. The fourth-order valence-electron chi connectivity index (χ4n) is 0.771. The van der Waals surface area contributed by atoms with E-state index in [4.69, 9.17) is 17.3 Å². The van der Waals surface area contributed by atoms with E-state index < -0.39 is 0 Å². The minimum absolute atomic E-state index is 0.699. The van der Waals surface area contributed by atoms with E-state index in [0.29, 0.717) is 5.02 Å². The Hall–Kier alpha value is -0.540. The maximum atomic E-state index is 5.90. The molecule has 3 N–H and O–H groups in total. The molecule has 0 aliphatic carbocycles. The number of halogens is 1. The molecule has 0 aliphatic rings. The van der Waals surface area contributed by atoms with Crippen molar-refractivity contribution in [2.24, 2.45) is 0 Å². The summed E-state index contributed by atoms with van der Waals surface area (Å²) >= 11 is 7.49. The predicted octanol–water partition coefficient (Wildman–Crippen LogP) is 3.00. The zero-order valence-corrected chi connectivity index (χ0v) is 8.38. The highest BCUT2D eigenvalue weighted by atomic mass is 35.5. The Labute approximate surface area is 81.6 Å². The fraction of sp³-hybridized carbons (Fsp3) is 0.250. The maximum absolute atomic E-state index is 5.90. The molecule has 1 aromatic carbocycles. The van der Waals surface area contributed by atoms with Gasteiger partial charge in [-0.3, -0.25) is 0 Å². The number of benzene rings is 1. The van der Waals surface area contributed by atoms with Gasteiger partial charge in [0.1, 0.15) is 0 Å². The summed E-state index contributed by atoms with van der Waals surface area (Å²) in [5.41, 5.74) is 7.19. The molecular formula is C8H11ClN2S. The fourth-order valence-corrected chi connectivity index (χ4v) is 1.46. The maximum Gasteiger partial charge on any atom is 0.0649 e. The summed E-state index contributed by atoms with van der Waals surface area (Å²) in [6.07, 6.45) is 0. The molecule has 0 saturated heterocycles. The van der Waals surface area contributed by atoms with Gasteiger partial charge in [0.15, 0.2) is 0 Å². The van der Waals surface area contributed by atoms with Crippen molar-refractivity contribution in [2.45, 2.75) is 6.92 Å². The van der Waals surface area contributed by atoms with Crippen LogP contribution in [0.2, 0.25) is 5.02 Å². The summed E-state index contributed by atoms with van der Waals surface area (Å²) in [5.74, 6) is 0.991. The first-order valence-corrected chi connectivity index (χ1v) is 5.03. The predicted molar refractivity (Wildman–Crippen MR) is 57.6 cm³/mol. The van der Waals surface area contributed by atoms with Crippen LogP contribution in [0.4, 0.5) is 11.4 Å². The summed E-state index contributed by atoms with van der Waals surface area (Å²) in [4.78, 5) is 0. The lowest BCUT2D eigenvalue weighted by atomic mass is 10.3. The van der Waals surface area contributed by atoms with E-state index in [1.165, 1.54) is 0 Å². The Morgan fingerprint density at radius 2 is 2.33 bits per heavy atom. The molecule has 0 unspecified atom stereocenters. The van der Waals surface area contributed by atoms with Gasteiger partial charge in [0.05, 0.1) is 10.7 Å². The first kappa shape index (κ1) is 9.55. The summed E-state index contributed by atoms with van der Waals surface area (Å²) in [5, 5.41) is 0.699. The van der Waals surface area contributed by atoms with E-state index in [-0.39, 0.29) is 0 Å². The molecule has 0 amide bonds. The van der Waals surface area contributed by atoms with Crippen molar-refractivity contribution in [2.75, 3.05) is 16.2 Å². The molecule has 4 heteroatoms. The topological polar surface area (TPSA) is 38.0 Å². The molecule has 0 atom stereocenters. The van der Waals surface area contributed by atoms with E-state index in [0.717, 1.165) is 17.1 Å². The molecule has 0 radical (unpaired) electrons. The minimum atomic E-state index is 0.699. The van der Waals surface area contributed by atoms with E-state index in [1.807, 2.05) is 6.07 Å². The molecule has 0 fully saturated rings. The van der Waals surface area contributed by atoms with Crippen LogP contribution in [-0.2, 0) is 0 Å². The van der Waals surface area contributed by atoms with Crippen LogP contribution < -0.4 is 10.5 Å². The molecular weight excluding hydrogens is 192 g/mol. The van der Waals surface area contributed by atoms with Gasteiger partial charge in [0.25, 0.3) is 0 Å². The van der Waals surface area contributed by atoms with Gasteiger partial charge in [-0.25, -0.2) is 0 Å². The smallest absolute Gasteiger partial charge is 0.0649 e. The number of nitrogen functional groups attached to an aromatic ring is 1. The Morgan fingerprint density at radius 3 is 3.00 bits per heavy atom. The number of rotatable bonds is 3. The molecule has 0 spiro atoms. The zero-order valence-electron chi connectivity index (χ0n) is 6.80. The highest BCUT2D eigenvalue weighted by Crippen LogP contribution is 2.26. The van der Waals surface area contributed by atoms with E-state index in [9.17, 15) is 0 Å². The molecule has 1 rings (SSSR count). The molecule has 66 valence electrons. The molecule has 0 heterocycles. The van der Waals surface area contributed by atoms with Crippen molar-refractivity contribution < 1.29 is 0 Å². The quantitative estimate of drug-likeness (QED) is 0.585. The molecule has 2 nitrogen and oxygen atoms in total. The summed E-state index contributed by atoms with van der Waals surface area (Å²) in [7, 11) is 0. The summed E-state index contributed by atoms with van der Waals surface area (Å²) in [6.45, 7) is 2.07. The Kier molecular flexibility index (Phi) is 3.56. The number of hydrogen-bond donors (Lipinski definition) is 2.